The molecule has 1 amide bonds. The van der Waals surface area contributed by atoms with E-state index in [1.807, 2.05) is 12.1 Å². The first-order valence-corrected chi connectivity index (χ1v) is 8.19. The molecule has 0 radical (unpaired) electrons. The number of hydrogen-bond acceptors (Lipinski definition) is 3. The number of hydrogen-bond donors (Lipinski definition) is 0. The molecule has 0 unspecified atom stereocenters. The summed E-state index contributed by atoms with van der Waals surface area (Å²) in [4.78, 5) is 18.2. The van der Waals surface area contributed by atoms with Crippen LogP contribution >= 0.6 is 35.4 Å². The van der Waals surface area contributed by atoms with Crippen molar-refractivity contribution in [2.24, 2.45) is 4.99 Å². The number of benzene rings is 2. The summed E-state index contributed by atoms with van der Waals surface area (Å²) in [6.45, 7) is 1.17. The Labute approximate surface area is 149 Å². The van der Waals surface area contributed by atoms with Crippen molar-refractivity contribution in [3.8, 4) is 0 Å². The molecule has 0 bridgehead atoms. The Morgan fingerprint density at radius 2 is 2.04 bits per heavy atom. The minimum atomic E-state index is 0.0305. The molecule has 0 N–H and O–H groups in total. The summed E-state index contributed by atoms with van der Waals surface area (Å²) in [5.41, 5.74) is 3.37. The topological polar surface area (TPSA) is 32.7 Å². The van der Waals surface area contributed by atoms with Gasteiger partial charge in [-0.1, -0.05) is 29.3 Å². The fourth-order valence-electron chi connectivity index (χ4n) is 2.65. The van der Waals surface area contributed by atoms with Crippen LogP contribution in [-0.4, -0.2) is 22.5 Å². The van der Waals surface area contributed by atoms with Crippen LogP contribution in [-0.2, 0) is 13.0 Å². The van der Waals surface area contributed by atoms with Crippen LogP contribution in [0.4, 0.5) is 5.69 Å². The summed E-state index contributed by atoms with van der Waals surface area (Å²) < 4.78 is 0. The molecule has 3 rings (SSSR count). The van der Waals surface area contributed by atoms with E-state index in [0.717, 1.165) is 16.7 Å². The summed E-state index contributed by atoms with van der Waals surface area (Å²) in [6, 6.07) is 10.9. The van der Waals surface area contributed by atoms with Gasteiger partial charge in [0.05, 0.1) is 10.8 Å². The first-order chi connectivity index (χ1) is 11.1. The number of isothiocyanates is 1. The molecule has 0 atom stereocenters. The van der Waals surface area contributed by atoms with Gasteiger partial charge in [0.2, 0.25) is 0 Å². The molecular weight excluding hydrogens is 351 g/mol. The molecule has 6 heteroatoms. The molecule has 0 spiro atoms. The first-order valence-electron chi connectivity index (χ1n) is 7.02. The Kier molecular flexibility index (Phi) is 4.79. The highest BCUT2D eigenvalue weighted by atomic mass is 35.5. The van der Waals surface area contributed by atoms with E-state index in [-0.39, 0.29) is 5.91 Å². The molecule has 1 aliphatic heterocycles. The SMILES string of the molecule is O=C1c2ccc(N=C=S)cc2CN1CCc1ccc(Cl)cc1Cl. The Morgan fingerprint density at radius 1 is 1.22 bits per heavy atom. The summed E-state index contributed by atoms with van der Waals surface area (Å²) in [5.74, 6) is 0.0305. The summed E-state index contributed by atoms with van der Waals surface area (Å²) in [5, 5.41) is 3.57. The lowest BCUT2D eigenvalue weighted by Crippen LogP contribution is -2.26. The molecule has 1 heterocycles. The van der Waals surface area contributed by atoms with Crippen molar-refractivity contribution in [1.29, 1.82) is 0 Å². The maximum atomic E-state index is 12.4. The monoisotopic (exact) mass is 362 g/mol. The van der Waals surface area contributed by atoms with E-state index < -0.39 is 0 Å². The van der Waals surface area contributed by atoms with Crippen LogP contribution in [0.3, 0.4) is 0 Å². The number of nitrogens with zero attached hydrogens (tertiary/aromatic N) is 2. The zero-order valence-corrected chi connectivity index (χ0v) is 14.4. The zero-order valence-electron chi connectivity index (χ0n) is 12.1. The van der Waals surface area contributed by atoms with Crippen molar-refractivity contribution in [3.63, 3.8) is 0 Å². The van der Waals surface area contributed by atoms with Crippen molar-refractivity contribution in [3.05, 3.63) is 63.1 Å². The minimum Gasteiger partial charge on any atom is -0.334 e. The number of carbonyl (C=O) groups is 1. The number of halogens is 2. The van der Waals surface area contributed by atoms with Crippen LogP contribution in [0.15, 0.2) is 41.4 Å². The highest BCUT2D eigenvalue weighted by Crippen LogP contribution is 2.28. The van der Waals surface area contributed by atoms with Gasteiger partial charge < -0.3 is 4.90 Å². The van der Waals surface area contributed by atoms with Crippen molar-refractivity contribution in [2.45, 2.75) is 13.0 Å². The van der Waals surface area contributed by atoms with E-state index in [1.165, 1.54) is 0 Å². The van der Waals surface area contributed by atoms with Gasteiger partial charge in [-0.05, 0) is 60.1 Å². The number of rotatable bonds is 4. The number of thiocarbonyl (C=S) groups is 1. The van der Waals surface area contributed by atoms with Gasteiger partial charge in [0, 0.05) is 28.7 Å². The third-order valence-electron chi connectivity index (χ3n) is 3.81. The second-order valence-electron chi connectivity index (χ2n) is 5.26. The van der Waals surface area contributed by atoms with Crippen LogP contribution in [0.2, 0.25) is 10.0 Å². The van der Waals surface area contributed by atoms with Crippen LogP contribution in [0.5, 0.6) is 0 Å². The van der Waals surface area contributed by atoms with E-state index in [9.17, 15) is 4.79 Å². The summed E-state index contributed by atoms with van der Waals surface area (Å²) >= 11 is 16.7. The van der Waals surface area contributed by atoms with Crippen molar-refractivity contribution < 1.29 is 4.79 Å². The number of aliphatic imine (C=N–C) groups is 1. The van der Waals surface area contributed by atoms with Gasteiger partial charge in [-0.15, -0.1) is 0 Å². The third kappa shape index (κ3) is 3.46. The lowest BCUT2D eigenvalue weighted by Gasteiger charge is -2.16. The van der Waals surface area contributed by atoms with Gasteiger partial charge in [-0.2, -0.15) is 4.99 Å². The number of fused-ring (bicyclic) bond motifs is 1. The largest absolute Gasteiger partial charge is 0.334 e. The Hall–Kier alpha value is -1.71. The lowest BCUT2D eigenvalue weighted by molar-refractivity contribution is 0.0780. The average Bonchev–Trinajstić information content (AvgIpc) is 2.83. The maximum absolute atomic E-state index is 12.4. The quantitative estimate of drug-likeness (QED) is 0.570. The first kappa shape index (κ1) is 16.2. The van der Waals surface area contributed by atoms with Crippen LogP contribution < -0.4 is 0 Å². The zero-order chi connectivity index (χ0) is 16.4. The second-order valence-corrected chi connectivity index (χ2v) is 6.28. The Bertz CT molecular complexity index is 831. The van der Waals surface area contributed by atoms with Crippen molar-refractivity contribution in [2.75, 3.05) is 6.54 Å². The molecular formula is C17H12Cl2N2OS. The molecule has 116 valence electrons. The molecule has 0 aromatic heterocycles. The van der Waals surface area contributed by atoms with Crippen molar-refractivity contribution >= 4 is 52.2 Å². The van der Waals surface area contributed by atoms with Gasteiger partial charge in [0.1, 0.15) is 0 Å². The standard InChI is InChI=1S/C17H12Cl2N2OS/c18-13-2-1-11(16(19)8-13)5-6-21-9-12-7-14(20-10-23)3-4-15(12)17(21)22/h1-4,7-8H,5-6,9H2. The molecule has 0 aliphatic carbocycles. The third-order valence-corrected chi connectivity index (χ3v) is 4.49. The molecule has 1 aliphatic rings. The van der Waals surface area contributed by atoms with E-state index in [1.54, 1.807) is 29.2 Å². The van der Waals surface area contributed by atoms with E-state index in [4.69, 9.17) is 23.2 Å². The smallest absolute Gasteiger partial charge is 0.254 e. The molecule has 0 saturated heterocycles. The van der Waals surface area contributed by atoms with Gasteiger partial charge in [-0.25, -0.2) is 0 Å². The molecule has 0 saturated carbocycles. The van der Waals surface area contributed by atoms with Crippen LogP contribution in [0, 0.1) is 0 Å². The average molecular weight is 363 g/mol. The van der Waals surface area contributed by atoms with Gasteiger partial charge >= 0.3 is 0 Å². The molecule has 0 fully saturated rings. The Morgan fingerprint density at radius 3 is 2.78 bits per heavy atom. The summed E-state index contributed by atoms with van der Waals surface area (Å²) in [6.07, 6.45) is 0.681. The minimum absolute atomic E-state index is 0.0305. The van der Waals surface area contributed by atoms with Crippen molar-refractivity contribution in [1.82, 2.24) is 4.90 Å². The highest BCUT2D eigenvalue weighted by Gasteiger charge is 2.27. The van der Waals surface area contributed by atoms with Crippen LogP contribution in [0.1, 0.15) is 21.5 Å². The van der Waals surface area contributed by atoms with E-state index >= 15 is 0 Å². The van der Waals surface area contributed by atoms with Gasteiger partial charge in [0.25, 0.3) is 5.91 Å². The normalized spacial score (nSPS) is 13.0. The second kappa shape index (κ2) is 6.81. The predicted molar refractivity (Wildman–Crippen MR) is 96.0 cm³/mol. The fourth-order valence-corrected chi connectivity index (χ4v) is 3.26. The summed E-state index contributed by atoms with van der Waals surface area (Å²) in [7, 11) is 0. The lowest BCUT2D eigenvalue weighted by atomic mass is 10.1. The van der Waals surface area contributed by atoms with Gasteiger partial charge in [0.15, 0.2) is 0 Å². The highest BCUT2D eigenvalue weighted by molar-refractivity contribution is 7.78. The Balaban J connectivity index is 1.73. The number of amides is 1. The predicted octanol–water partition coefficient (Wildman–Crippen LogP) is 4.93. The van der Waals surface area contributed by atoms with Gasteiger partial charge in [-0.3, -0.25) is 4.79 Å². The van der Waals surface area contributed by atoms with Crippen LogP contribution in [0.25, 0.3) is 0 Å². The molecule has 3 nitrogen and oxygen atoms in total. The maximum Gasteiger partial charge on any atom is 0.254 e. The molecule has 2 aromatic carbocycles. The molecule has 23 heavy (non-hydrogen) atoms. The molecule has 2 aromatic rings. The van der Waals surface area contributed by atoms with E-state index in [2.05, 4.69) is 22.4 Å². The fraction of sp³-hybridized carbons (Fsp3) is 0.176. The van der Waals surface area contributed by atoms with E-state index in [0.29, 0.717) is 35.2 Å². The number of carbonyl (C=O) groups excluding carboxylic acids is 1.